The first-order valence-electron chi connectivity index (χ1n) is 9.92. The van der Waals surface area contributed by atoms with Crippen LogP contribution in [0.4, 0.5) is 0 Å². The predicted molar refractivity (Wildman–Crippen MR) is 121 cm³/mol. The molecule has 2 aromatic carbocycles. The minimum Gasteiger partial charge on any atom is -0.496 e. The molecule has 158 valence electrons. The van der Waals surface area contributed by atoms with Crippen molar-refractivity contribution >= 4 is 0 Å². The van der Waals surface area contributed by atoms with Gasteiger partial charge in [0, 0.05) is 12.8 Å². The van der Waals surface area contributed by atoms with E-state index in [0.717, 1.165) is 58.1 Å². The molecular weight excluding hydrogens is 376 g/mol. The Morgan fingerprint density at radius 1 is 0.567 bits per heavy atom. The second-order valence-corrected chi connectivity index (χ2v) is 6.87. The Morgan fingerprint density at radius 2 is 0.933 bits per heavy atom. The van der Waals surface area contributed by atoms with Crippen molar-refractivity contribution in [2.75, 3.05) is 28.4 Å². The van der Waals surface area contributed by atoms with E-state index in [-0.39, 0.29) is 0 Å². The highest BCUT2D eigenvalue weighted by molar-refractivity contribution is 5.47. The molecule has 2 aromatic rings. The average molecular weight is 407 g/mol. The molecule has 0 heterocycles. The predicted octanol–water partition coefficient (Wildman–Crippen LogP) is 4.91. The van der Waals surface area contributed by atoms with Crippen LogP contribution in [0, 0.1) is 37.5 Å². The van der Waals surface area contributed by atoms with Crippen molar-refractivity contribution in [3.63, 3.8) is 0 Å². The summed E-state index contributed by atoms with van der Waals surface area (Å²) in [5.41, 5.74) is 4.28. The van der Waals surface area contributed by atoms with Crippen LogP contribution in [-0.2, 0) is 12.8 Å². The third-order valence-corrected chi connectivity index (χ3v) is 4.87. The molecule has 0 bridgehead atoms. The fourth-order valence-corrected chi connectivity index (χ4v) is 3.23. The van der Waals surface area contributed by atoms with Crippen molar-refractivity contribution in [2.45, 2.75) is 39.5 Å². The van der Waals surface area contributed by atoms with Crippen LogP contribution in [0.3, 0.4) is 0 Å². The van der Waals surface area contributed by atoms with Gasteiger partial charge < -0.3 is 18.9 Å². The quantitative estimate of drug-likeness (QED) is 0.584. The normalized spacial score (nSPS) is 9.67. The number of aryl methyl sites for hydroxylation is 4. The lowest BCUT2D eigenvalue weighted by Gasteiger charge is -2.12. The maximum absolute atomic E-state index is 5.47. The molecule has 0 aliphatic carbocycles. The first-order chi connectivity index (χ1) is 14.5. The van der Waals surface area contributed by atoms with Gasteiger partial charge in [-0.1, -0.05) is 11.8 Å². The van der Waals surface area contributed by atoms with Gasteiger partial charge in [-0.3, -0.25) is 0 Å². The van der Waals surface area contributed by atoms with E-state index < -0.39 is 0 Å². The lowest BCUT2D eigenvalue weighted by atomic mass is 10.0. The minimum absolute atomic E-state index is 0.709. The van der Waals surface area contributed by atoms with E-state index in [1.807, 2.05) is 38.1 Å². The average Bonchev–Trinajstić information content (AvgIpc) is 2.76. The van der Waals surface area contributed by atoms with Gasteiger partial charge in [-0.05, 0) is 85.0 Å². The summed E-state index contributed by atoms with van der Waals surface area (Å²) in [6.07, 6.45) is 2.99. The number of ether oxygens (including phenoxy) is 4. The number of hydrogen-bond donors (Lipinski definition) is 0. The second-order valence-electron chi connectivity index (χ2n) is 6.87. The van der Waals surface area contributed by atoms with Crippen LogP contribution in [0.15, 0.2) is 24.3 Å². The second kappa shape index (κ2) is 11.7. The van der Waals surface area contributed by atoms with E-state index in [1.165, 1.54) is 0 Å². The largest absolute Gasteiger partial charge is 0.496 e. The molecule has 0 radical (unpaired) electrons. The molecule has 2 rings (SSSR count). The van der Waals surface area contributed by atoms with E-state index in [1.54, 1.807) is 28.4 Å². The summed E-state index contributed by atoms with van der Waals surface area (Å²) in [5.74, 6) is 15.6. The molecule has 4 nitrogen and oxygen atoms in total. The van der Waals surface area contributed by atoms with Crippen molar-refractivity contribution in [3.05, 3.63) is 46.5 Å². The van der Waals surface area contributed by atoms with E-state index in [2.05, 4.69) is 23.7 Å². The fraction of sp³-hybridized carbons (Fsp3) is 0.385. The molecular formula is C26H30O4. The SMILES string of the molecule is COc1cc(CCC#CC#CCCc2cc(OC)c(C)cc2OC)c(OC)cc1C. The van der Waals surface area contributed by atoms with Crippen LogP contribution in [0.5, 0.6) is 23.0 Å². The first-order valence-corrected chi connectivity index (χ1v) is 9.92. The van der Waals surface area contributed by atoms with Gasteiger partial charge in [-0.15, -0.1) is 0 Å². The third-order valence-electron chi connectivity index (χ3n) is 4.87. The highest BCUT2D eigenvalue weighted by Gasteiger charge is 2.08. The van der Waals surface area contributed by atoms with Gasteiger partial charge in [0.15, 0.2) is 0 Å². The van der Waals surface area contributed by atoms with Crippen molar-refractivity contribution in [1.29, 1.82) is 0 Å². The Balaban J connectivity index is 1.92. The van der Waals surface area contributed by atoms with Crippen LogP contribution < -0.4 is 18.9 Å². The van der Waals surface area contributed by atoms with E-state index in [9.17, 15) is 0 Å². The Labute approximate surface area is 180 Å². The minimum atomic E-state index is 0.709. The molecule has 0 aliphatic rings. The van der Waals surface area contributed by atoms with Crippen LogP contribution in [0.1, 0.15) is 35.1 Å². The highest BCUT2D eigenvalue weighted by Crippen LogP contribution is 2.30. The topological polar surface area (TPSA) is 36.9 Å². The molecule has 0 unspecified atom stereocenters. The van der Waals surface area contributed by atoms with E-state index >= 15 is 0 Å². The maximum atomic E-state index is 5.47. The van der Waals surface area contributed by atoms with Gasteiger partial charge >= 0.3 is 0 Å². The van der Waals surface area contributed by atoms with E-state index in [4.69, 9.17) is 18.9 Å². The number of benzene rings is 2. The van der Waals surface area contributed by atoms with Crippen molar-refractivity contribution < 1.29 is 18.9 Å². The van der Waals surface area contributed by atoms with Gasteiger partial charge in [0.05, 0.1) is 28.4 Å². The van der Waals surface area contributed by atoms with Crippen molar-refractivity contribution in [1.82, 2.24) is 0 Å². The Kier molecular flexibility index (Phi) is 8.98. The van der Waals surface area contributed by atoms with Gasteiger partial charge in [-0.2, -0.15) is 0 Å². The standard InChI is InChI=1S/C26H30O4/c1-19-15-25(29-5)21(17-23(19)27-3)13-11-9-7-8-10-12-14-22-18-24(28-4)20(2)16-26(22)30-6/h15-18H,11-14H2,1-6H3. The maximum Gasteiger partial charge on any atom is 0.122 e. The lowest BCUT2D eigenvalue weighted by Crippen LogP contribution is -1.96. The zero-order chi connectivity index (χ0) is 21.9. The molecule has 0 atom stereocenters. The number of hydrogen-bond acceptors (Lipinski definition) is 4. The van der Waals surface area contributed by atoms with Gasteiger partial charge in [-0.25, -0.2) is 0 Å². The summed E-state index contributed by atoms with van der Waals surface area (Å²) in [6, 6.07) is 8.03. The Morgan fingerprint density at radius 3 is 1.27 bits per heavy atom. The molecule has 0 saturated carbocycles. The summed E-state index contributed by atoms with van der Waals surface area (Å²) < 4.78 is 21.7. The molecule has 0 fully saturated rings. The van der Waals surface area contributed by atoms with E-state index in [0.29, 0.717) is 12.8 Å². The fourth-order valence-electron chi connectivity index (χ4n) is 3.23. The molecule has 0 saturated heterocycles. The Hall–Kier alpha value is -3.24. The molecule has 30 heavy (non-hydrogen) atoms. The molecule has 0 N–H and O–H groups in total. The molecule has 0 aromatic heterocycles. The number of rotatable bonds is 8. The van der Waals surface area contributed by atoms with Crippen LogP contribution in [0.2, 0.25) is 0 Å². The molecule has 0 amide bonds. The van der Waals surface area contributed by atoms with Crippen LogP contribution in [-0.4, -0.2) is 28.4 Å². The Bertz CT molecular complexity index is 903. The third kappa shape index (κ3) is 6.13. The smallest absolute Gasteiger partial charge is 0.122 e. The van der Waals surface area contributed by atoms with Crippen molar-refractivity contribution in [2.24, 2.45) is 0 Å². The summed E-state index contributed by atoms with van der Waals surface area (Å²) in [6.45, 7) is 4.01. The summed E-state index contributed by atoms with van der Waals surface area (Å²) >= 11 is 0. The monoisotopic (exact) mass is 406 g/mol. The summed E-state index contributed by atoms with van der Waals surface area (Å²) in [4.78, 5) is 0. The summed E-state index contributed by atoms with van der Waals surface area (Å²) in [7, 11) is 6.72. The van der Waals surface area contributed by atoms with Crippen molar-refractivity contribution in [3.8, 4) is 46.7 Å². The molecule has 0 spiro atoms. The van der Waals surface area contributed by atoms with Gasteiger partial charge in [0.25, 0.3) is 0 Å². The number of methoxy groups -OCH3 is 4. The highest BCUT2D eigenvalue weighted by atomic mass is 16.5. The van der Waals surface area contributed by atoms with Gasteiger partial charge in [0.1, 0.15) is 23.0 Å². The van der Waals surface area contributed by atoms with Gasteiger partial charge in [0.2, 0.25) is 0 Å². The first kappa shape index (κ1) is 23.0. The molecule has 0 aliphatic heterocycles. The zero-order valence-corrected chi connectivity index (χ0v) is 18.8. The zero-order valence-electron chi connectivity index (χ0n) is 18.8. The lowest BCUT2D eigenvalue weighted by molar-refractivity contribution is 0.396. The molecule has 4 heteroatoms. The summed E-state index contributed by atoms with van der Waals surface area (Å²) in [5, 5.41) is 0. The van der Waals surface area contributed by atoms with Crippen LogP contribution >= 0.6 is 0 Å². The van der Waals surface area contributed by atoms with Crippen LogP contribution in [0.25, 0.3) is 0 Å².